The van der Waals surface area contributed by atoms with Crippen LogP contribution in [-0.4, -0.2) is 14.5 Å². The van der Waals surface area contributed by atoms with Gasteiger partial charge in [0.2, 0.25) is 0 Å². The van der Waals surface area contributed by atoms with Crippen molar-refractivity contribution in [3.63, 3.8) is 0 Å². The molecule has 0 spiro atoms. The van der Waals surface area contributed by atoms with Crippen LogP contribution in [0.25, 0.3) is 0 Å². The zero-order chi connectivity index (χ0) is 23.8. The molecule has 33 heavy (non-hydrogen) atoms. The summed E-state index contributed by atoms with van der Waals surface area (Å²) < 4.78 is 28.4. The second kappa shape index (κ2) is 14.9. The summed E-state index contributed by atoms with van der Waals surface area (Å²) in [5, 5.41) is 20.3. The van der Waals surface area contributed by atoms with E-state index in [9.17, 15) is 8.78 Å². The van der Waals surface area contributed by atoms with E-state index < -0.39 is 0 Å². The number of halogens is 4. The molecule has 0 atom stereocenters. The quantitative estimate of drug-likeness (QED) is 0.301. The van der Waals surface area contributed by atoms with E-state index >= 15 is 0 Å². The third-order valence-corrected chi connectivity index (χ3v) is 5.83. The minimum atomic E-state index is -0.264. The van der Waals surface area contributed by atoms with E-state index in [0.29, 0.717) is 11.1 Å². The Kier molecular flexibility index (Phi) is 15.3. The van der Waals surface area contributed by atoms with Gasteiger partial charge in [-0.2, -0.15) is 0 Å². The molecule has 182 valence electrons. The van der Waals surface area contributed by atoms with Gasteiger partial charge < -0.3 is 10.2 Å². The molecule has 0 saturated heterocycles. The van der Waals surface area contributed by atoms with Crippen molar-refractivity contribution in [2.24, 2.45) is 0 Å². The first-order valence-corrected chi connectivity index (χ1v) is 11.6. The summed E-state index contributed by atoms with van der Waals surface area (Å²) in [7, 11) is 0. The van der Waals surface area contributed by atoms with E-state index in [-0.39, 0.29) is 58.8 Å². The number of thiophene rings is 1. The van der Waals surface area contributed by atoms with Crippen LogP contribution in [0, 0.1) is 11.6 Å². The Morgan fingerprint density at radius 1 is 0.758 bits per heavy atom. The van der Waals surface area contributed by atoms with Gasteiger partial charge in [0.05, 0.1) is 0 Å². The molecule has 0 saturated carbocycles. The van der Waals surface area contributed by atoms with Crippen LogP contribution < -0.4 is 0 Å². The number of benzene rings is 2. The molecule has 8 heteroatoms. The molecule has 0 bridgehead atoms. The Hall–Kier alpha value is -1.24. The molecule has 0 fully saturated rings. The molecule has 2 aromatic carbocycles. The molecule has 0 aliphatic rings. The summed E-state index contributed by atoms with van der Waals surface area (Å²) in [5.74, 6) is -0.303. The van der Waals surface area contributed by atoms with E-state index in [1.54, 1.807) is 11.3 Å². The van der Waals surface area contributed by atoms with Crippen LogP contribution in [0.2, 0.25) is 0 Å². The van der Waals surface area contributed by atoms with Crippen molar-refractivity contribution in [1.29, 1.82) is 0 Å². The zero-order valence-electron chi connectivity index (χ0n) is 19.6. The first-order valence-electron chi connectivity index (χ1n) is 9.77. The first kappa shape index (κ1) is 33.9. The summed E-state index contributed by atoms with van der Waals surface area (Å²) in [6, 6.07) is 12.4. The molecule has 2 N–H and O–H groups in total. The Labute approximate surface area is 223 Å². The fraction of sp³-hybridized carbons (Fsp3) is 0.320. The average Bonchev–Trinajstić information content (AvgIpc) is 3.19. The van der Waals surface area contributed by atoms with E-state index in [1.807, 2.05) is 61.5 Å². The Bertz CT molecular complexity index is 922. The second-order valence-corrected chi connectivity index (χ2v) is 10.4. The van der Waals surface area contributed by atoms with Crippen molar-refractivity contribution >= 4 is 40.5 Å². The molecular weight excluding hydrogens is 521 g/mol. The summed E-state index contributed by atoms with van der Waals surface area (Å²) >= 11 is 3.81. The fourth-order valence-electron chi connectivity index (χ4n) is 2.55. The number of aromatic hydroxyl groups is 2. The average molecular weight is 553 g/mol. The van der Waals surface area contributed by atoms with Crippen LogP contribution in [-0.2, 0) is 30.8 Å². The Balaban J connectivity index is 0. The topological polar surface area (TPSA) is 40.5 Å². The number of phenolic OH excluding ortho intramolecular Hbond substituents is 2. The fourth-order valence-corrected chi connectivity index (χ4v) is 3.56. The van der Waals surface area contributed by atoms with Crippen LogP contribution >= 0.6 is 36.2 Å². The zero-order valence-corrected chi connectivity index (χ0v) is 23.7. The first-order chi connectivity index (χ1) is 14.3. The van der Waals surface area contributed by atoms with Gasteiger partial charge in [0.25, 0.3) is 0 Å². The number of hydrogen-bond donors (Lipinski definition) is 2. The van der Waals surface area contributed by atoms with Crippen LogP contribution in [0.1, 0.15) is 57.5 Å². The molecule has 0 aliphatic heterocycles. The molecule has 2 nitrogen and oxygen atoms in total. The number of hydrogen-bond acceptors (Lipinski definition) is 3. The van der Waals surface area contributed by atoms with Crippen LogP contribution in [0.15, 0.2) is 53.9 Å². The van der Waals surface area contributed by atoms with Gasteiger partial charge in [0.15, 0.2) is 0 Å². The minimum absolute atomic E-state index is 0. The normalized spacial score (nSPS) is 10.3. The van der Waals surface area contributed by atoms with E-state index in [1.165, 1.54) is 41.3 Å². The van der Waals surface area contributed by atoms with E-state index in [2.05, 4.69) is 21.8 Å². The molecule has 1 aromatic heterocycles. The summed E-state index contributed by atoms with van der Waals surface area (Å²) in [6.45, 7) is 11.4. The van der Waals surface area contributed by atoms with Gasteiger partial charge in [0.1, 0.15) is 23.1 Å². The van der Waals surface area contributed by atoms with E-state index in [0.717, 1.165) is 0 Å². The van der Waals surface area contributed by atoms with Gasteiger partial charge in [-0.3, -0.25) is 0 Å². The predicted octanol–water partition coefficient (Wildman–Crippen LogP) is 7.95. The van der Waals surface area contributed by atoms with Gasteiger partial charge >= 0.3 is 58.0 Å². The van der Waals surface area contributed by atoms with Crippen molar-refractivity contribution in [2.45, 2.75) is 52.4 Å². The van der Waals surface area contributed by atoms with Gasteiger partial charge in [-0.25, -0.2) is 8.78 Å². The third kappa shape index (κ3) is 12.2. The van der Waals surface area contributed by atoms with Crippen molar-refractivity contribution in [3.8, 4) is 11.5 Å². The maximum atomic E-state index is 13.2. The monoisotopic (exact) mass is 552 g/mol. The molecular formula is C25H32Cl2F2O2STi. The third-order valence-electron chi connectivity index (χ3n) is 4.20. The van der Waals surface area contributed by atoms with Gasteiger partial charge in [-0.1, -0.05) is 41.5 Å². The Morgan fingerprint density at radius 3 is 1.36 bits per heavy atom. The molecule has 0 amide bonds. The molecule has 3 rings (SSSR count). The Morgan fingerprint density at radius 2 is 1.15 bits per heavy atom. The molecule has 0 radical (unpaired) electrons. The van der Waals surface area contributed by atoms with Crippen molar-refractivity contribution in [3.05, 3.63) is 81.5 Å². The van der Waals surface area contributed by atoms with Crippen molar-refractivity contribution in [2.75, 3.05) is 0 Å². The number of rotatable bonds is 1. The van der Waals surface area contributed by atoms with Crippen molar-refractivity contribution in [1.82, 2.24) is 0 Å². The van der Waals surface area contributed by atoms with Gasteiger partial charge in [-0.15, -0.1) is 24.8 Å². The van der Waals surface area contributed by atoms with Crippen LogP contribution in [0.3, 0.4) is 0 Å². The van der Waals surface area contributed by atoms with Gasteiger partial charge in [0, 0.05) is 0 Å². The summed E-state index contributed by atoms with van der Waals surface area (Å²) in [4.78, 5) is 1.35. The van der Waals surface area contributed by atoms with E-state index in [4.69, 9.17) is 10.2 Å². The standard InChI is InChI=1S/2C10H13FO.C5H4S.2ClH.Ti/c2*1-10(2,3)8-6-7(12)4-5-9(8)11;1-5-3-2-4-6-5;;;/h2*4-6,12H,1-3H3;1-4H;2*1H;. The predicted molar refractivity (Wildman–Crippen MR) is 138 cm³/mol. The molecule has 3 aromatic rings. The van der Waals surface area contributed by atoms with Gasteiger partial charge in [-0.05, 0) is 58.4 Å². The molecule has 0 unspecified atom stereocenters. The summed E-state index contributed by atoms with van der Waals surface area (Å²) in [5.41, 5.74) is 0.566. The SMILES string of the molecule is CC(C)(C)c1cc(O)ccc1F.CC(C)(C)c1cc(O)ccc1F.Cl.Cl.[Ti]=[CH]c1cccs1. The van der Waals surface area contributed by atoms with Crippen molar-refractivity contribution < 1.29 is 39.0 Å². The number of phenols is 2. The second-order valence-electron chi connectivity index (χ2n) is 8.99. The molecule has 0 aliphatic carbocycles. The summed E-state index contributed by atoms with van der Waals surface area (Å²) in [6.07, 6.45) is 0. The van der Waals surface area contributed by atoms with Crippen LogP contribution in [0.4, 0.5) is 8.78 Å². The molecule has 1 heterocycles. The van der Waals surface area contributed by atoms with Crippen LogP contribution in [0.5, 0.6) is 11.5 Å². The maximum absolute atomic E-state index is 13.2.